The lowest BCUT2D eigenvalue weighted by molar-refractivity contribution is -0.147. The third-order valence-corrected chi connectivity index (χ3v) is 6.38. The average molecular weight is 446 g/mol. The first kappa shape index (κ1) is 20.3. The van der Waals surface area contributed by atoms with Gasteiger partial charge in [0.2, 0.25) is 5.82 Å². The molecule has 0 unspecified atom stereocenters. The number of carboxylic acid groups (broad SMARTS) is 1. The molecule has 1 aliphatic rings. The first-order chi connectivity index (χ1) is 15.6. The van der Waals surface area contributed by atoms with Crippen LogP contribution < -0.4 is 0 Å². The van der Waals surface area contributed by atoms with Gasteiger partial charge in [0.25, 0.3) is 5.89 Å². The summed E-state index contributed by atoms with van der Waals surface area (Å²) in [7, 11) is 0. The van der Waals surface area contributed by atoms with Crippen molar-refractivity contribution in [2.75, 3.05) is 13.1 Å². The zero-order valence-corrected chi connectivity index (χ0v) is 17.8. The Hall–Kier alpha value is -3.62. The maximum Gasteiger partial charge on any atom is 0.309 e. The van der Waals surface area contributed by atoms with E-state index in [4.69, 9.17) is 9.63 Å². The van der Waals surface area contributed by atoms with Gasteiger partial charge in [-0.05, 0) is 18.2 Å². The van der Waals surface area contributed by atoms with Crippen LogP contribution in [0.2, 0.25) is 0 Å². The summed E-state index contributed by atoms with van der Waals surface area (Å²) in [6.07, 6.45) is 0. The van der Waals surface area contributed by atoms with Crippen LogP contribution in [0.1, 0.15) is 20.8 Å². The Bertz CT molecular complexity index is 1260. The third kappa shape index (κ3) is 4.10. The molecule has 3 heterocycles. The van der Waals surface area contributed by atoms with Gasteiger partial charge in [0, 0.05) is 52.1 Å². The predicted octanol–water partition coefficient (Wildman–Crippen LogP) is 4.21. The highest BCUT2D eigenvalue weighted by Gasteiger charge is 2.32. The molecule has 1 saturated heterocycles. The fourth-order valence-electron chi connectivity index (χ4n) is 3.63. The van der Waals surface area contributed by atoms with E-state index < -0.39 is 5.97 Å². The molecule has 0 radical (unpaired) electrons. The fourth-order valence-corrected chi connectivity index (χ4v) is 4.54. The molecule has 0 aliphatic carbocycles. The Morgan fingerprint density at radius 2 is 1.75 bits per heavy atom. The Kier molecular flexibility index (Phi) is 5.38. The van der Waals surface area contributed by atoms with Gasteiger partial charge in [0.15, 0.2) is 5.78 Å². The number of carbonyl (C=O) groups is 2. The van der Waals surface area contributed by atoms with Crippen molar-refractivity contribution in [3.8, 4) is 22.8 Å². The first-order valence-corrected chi connectivity index (χ1v) is 11.0. The van der Waals surface area contributed by atoms with Gasteiger partial charge in [-0.3, -0.25) is 14.5 Å². The smallest absolute Gasteiger partial charge is 0.309 e. The first-order valence-electron chi connectivity index (χ1n) is 10.1. The second-order valence-electron chi connectivity index (χ2n) is 7.73. The number of thiophene rings is 1. The van der Waals surface area contributed by atoms with E-state index in [1.165, 1.54) is 0 Å². The minimum atomic E-state index is -0.732. The number of likely N-dealkylation sites (tertiary alicyclic amines) is 1. The van der Waals surface area contributed by atoms with Crippen LogP contribution in [0.4, 0.5) is 0 Å². The number of nitrogens with zero attached hydrogens (tertiary/aromatic N) is 3. The van der Waals surface area contributed by atoms with Crippen molar-refractivity contribution in [2.45, 2.75) is 6.54 Å². The number of aliphatic carboxylic acids is 1. The van der Waals surface area contributed by atoms with Crippen LogP contribution >= 0.6 is 11.3 Å². The summed E-state index contributed by atoms with van der Waals surface area (Å²) in [5.41, 5.74) is 2.85. The van der Waals surface area contributed by atoms with Crippen LogP contribution in [0.25, 0.3) is 22.8 Å². The van der Waals surface area contributed by atoms with Crippen LogP contribution in [0.3, 0.4) is 0 Å². The van der Waals surface area contributed by atoms with Crippen molar-refractivity contribution in [1.29, 1.82) is 0 Å². The van der Waals surface area contributed by atoms with Crippen LogP contribution in [-0.2, 0) is 11.3 Å². The number of carbonyl (C=O) groups excluding carboxylic acids is 1. The molecule has 8 heteroatoms. The van der Waals surface area contributed by atoms with Crippen molar-refractivity contribution in [3.05, 3.63) is 82.0 Å². The second-order valence-corrected chi connectivity index (χ2v) is 8.72. The Morgan fingerprint density at radius 3 is 2.47 bits per heavy atom. The van der Waals surface area contributed by atoms with E-state index in [0.717, 1.165) is 22.5 Å². The molecular formula is C24H19N3O4S. The number of hydrogen-bond donors (Lipinski definition) is 1. The molecule has 2 aromatic heterocycles. The van der Waals surface area contributed by atoms with Crippen molar-refractivity contribution >= 4 is 23.1 Å². The highest BCUT2D eigenvalue weighted by molar-refractivity contribution is 7.10. The van der Waals surface area contributed by atoms with Gasteiger partial charge in [-0.2, -0.15) is 4.98 Å². The van der Waals surface area contributed by atoms with Crippen molar-refractivity contribution in [1.82, 2.24) is 15.0 Å². The van der Waals surface area contributed by atoms with Gasteiger partial charge in [-0.25, -0.2) is 0 Å². The molecule has 160 valence electrons. The quantitative estimate of drug-likeness (QED) is 0.426. The van der Waals surface area contributed by atoms with E-state index in [1.807, 2.05) is 29.6 Å². The lowest BCUT2D eigenvalue weighted by Gasteiger charge is -2.36. The molecular weight excluding hydrogens is 426 g/mol. The minimum absolute atomic E-state index is 0.0361. The normalized spacial score (nSPS) is 14.2. The topological polar surface area (TPSA) is 96.5 Å². The van der Waals surface area contributed by atoms with E-state index >= 15 is 0 Å². The lowest BCUT2D eigenvalue weighted by atomic mass is 10.0. The number of benzene rings is 2. The zero-order valence-electron chi connectivity index (χ0n) is 17.0. The highest BCUT2D eigenvalue weighted by Crippen LogP contribution is 2.29. The summed E-state index contributed by atoms with van der Waals surface area (Å²) in [5.74, 6) is -0.142. The van der Waals surface area contributed by atoms with E-state index in [0.29, 0.717) is 35.9 Å². The zero-order chi connectivity index (χ0) is 22.1. The SMILES string of the molecule is O=C(c1ccccc1)c1ccc(-c2nc(-c3csc(CN4CC(C(=O)O)C4)c3)no2)cc1. The Labute approximate surface area is 187 Å². The molecule has 0 saturated carbocycles. The molecule has 7 nitrogen and oxygen atoms in total. The molecule has 0 spiro atoms. The lowest BCUT2D eigenvalue weighted by Crippen LogP contribution is -2.49. The van der Waals surface area contributed by atoms with E-state index in [9.17, 15) is 9.59 Å². The highest BCUT2D eigenvalue weighted by atomic mass is 32.1. The van der Waals surface area contributed by atoms with Gasteiger partial charge in [-0.15, -0.1) is 11.3 Å². The molecule has 1 fully saturated rings. The maximum atomic E-state index is 12.6. The third-order valence-electron chi connectivity index (χ3n) is 5.45. The fraction of sp³-hybridized carbons (Fsp3) is 0.167. The van der Waals surface area contributed by atoms with Gasteiger partial charge in [0.05, 0.1) is 5.92 Å². The monoisotopic (exact) mass is 445 g/mol. The minimum Gasteiger partial charge on any atom is -0.481 e. The van der Waals surface area contributed by atoms with Crippen molar-refractivity contribution in [3.63, 3.8) is 0 Å². The number of aromatic nitrogens is 2. The Morgan fingerprint density at radius 1 is 1.03 bits per heavy atom. The van der Waals surface area contributed by atoms with Gasteiger partial charge in [-0.1, -0.05) is 47.6 Å². The Balaban J connectivity index is 1.26. The molecule has 0 atom stereocenters. The molecule has 5 rings (SSSR count). The van der Waals surface area contributed by atoms with E-state index in [2.05, 4.69) is 15.0 Å². The molecule has 2 aromatic carbocycles. The molecule has 4 aromatic rings. The molecule has 0 bridgehead atoms. The van der Waals surface area contributed by atoms with Crippen LogP contribution in [-0.4, -0.2) is 45.0 Å². The molecule has 1 N–H and O–H groups in total. The van der Waals surface area contributed by atoms with Crippen LogP contribution in [0, 0.1) is 5.92 Å². The van der Waals surface area contributed by atoms with Gasteiger partial charge < -0.3 is 9.63 Å². The van der Waals surface area contributed by atoms with Gasteiger partial charge in [0.1, 0.15) is 0 Å². The van der Waals surface area contributed by atoms with E-state index in [1.54, 1.807) is 47.7 Å². The van der Waals surface area contributed by atoms with Gasteiger partial charge >= 0.3 is 5.97 Å². The maximum absolute atomic E-state index is 12.6. The largest absolute Gasteiger partial charge is 0.481 e. The second kappa shape index (κ2) is 8.49. The summed E-state index contributed by atoms with van der Waals surface area (Å²) in [6.45, 7) is 1.88. The van der Waals surface area contributed by atoms with Crippen LogP contribution in [0.5, 0.6) is 0 Å². The number of hydrogen-bond acceptors (Lipinski definition) is 7. The van der Waals surface area contributed by atoms with Crippen LogP contribution in [0.15, 0.2) is 70.6 Å². The number of carboxylic acids is 1. The molecule has 32 heavy (non-hydrogen) atoms. The summed E-state index contributed by atoms with van der Waals surface area (Å²) in [6, 6.07) is 18.3. The van der Waals surface area contributed by atoms with E-state index in [-0.39, 0.29) is 11.7 Å². The van der Waals surface area contributed by atoms with Crippen molar-refractivity contribution < 1.29 is 19.2 Å². The predicted molar refractivity (Wildman–Crippen MR) is 119 cm³/mol. The molecule has 0 amide bonds. The summed E-state index contributed by atoms with van der Waals surface area (Å²) in [5, 5.41) is 15.1. The number of rotatable bonds is 7. The average Bonchev–Trinajstić information content (AvgIpc) is 3.46. The summed E-state index contributed by atoms with van der Waals surface area (Å²) in [4.78, 5) is 31.2. The molecule has 1 aliphatic heterocycles. The summed E-state index contributed by atoms with van der Waals surface area (Å²) >= 11 is 1.59. The summed E-state index contributed by atoms with van der Waals surface area (Å²) < 4.78 is 5.44. The van der Waals surface area contributed by atoms with Crippen molar-refractivity contribution in [2.24, 2.45) is 5.92 Å². The number of ketones is 1. The standard InChI is InChI=1S/C24H19N3O4S/c28-21(15-4-2-1-3-5-15)16-6-8-17(9-7-16)23-25-22(26-31-23)18-10-20(32-14-18)13-27-11-19(12-27)24(29)30/h1-10,14,19H,11-13H2,(H,29,30).